The Kier molecular flexibility index (Phi) is 4.68. The lowest BCUT2D eigenvalue weighted by Crippen LogP contribution is -2.45. The maximum absolute atomic E-state index is 12.4. The fourth-order valence-corrected chi connectivity index (χ4v) is 2.39. The Balaban J connectivity index is 2.03. The molecule has 1 N–H and O–H groups in total. The topological polar surface area (TPSA) is 71.5 Å². The number of nitrogens with zero attached hydrogens (tertiary/aromatic N) is 2. The predicted octanol–water partition coefficient (Wildman–Crippen LogP) is 2.73. The number of anilines is 1. The van der Waals surface area contributed by atoms with E-state index in [2.05, 4.69) is 10.3 Å². The Bertz CT molecular complexity index is 566. The summed E-state index contributed by atoms with van der Waals surface area (Å²) >= 11 is 0. The molecule has 0 bridgehead atoms. The number of hydrogen-bond donors (Lipinski definition) is 1. The van der Waals surface area contributed by atoms with Gasteiger partial charge in [0.2, 0.25) is 5.91 Å². The Morgan fingerprint density at radius 3 is 2.77 bits per heavy atom. The summed E-state index contributed by atoms with van der Waals surface area (Å²) in [6.45, 7) is 7.90. The lowest BCUT2D eigenvalue weighted by molar-refractivity contribution is -0.120. The molecule has 1 aliphatic rings. The first-order valence-corrected chi connectivity index (χ1v) is 7.49. The van der Waals surface area contributed by atoms with Crippen LogP contribution < -0.4 is 5.32 Å². The van der Waals surface area contributed by atoms with Crippen molar-refractivity contribution in [2.24, 2.45) is 0 Å². The van der Waals surface area contributed by atoms with Crippen molar-refractivity contribution in [1.29, 1.82) is 0 Å². The van der Waals surface area contributed by atoms with Crippen molar-refractivity contribution in [3.8, 4) is 0 Å². The van der Waals surface area contributed by atoms with E-state index < -0.39 is 17.7 Å². The van der Waals surface area contributed by atoms with Crippen molar-refractivity contribution in [3.63, 3.8) is 0 Å². The van der Waals surface area contributed by atoms with Crippen LogP contribution in [0.25, 0.3) is 0 Å². The van der Waals surface area contributed by atoms with E-state index in [0.717, 1.165) is 12.0 Å². The zero-order valence-electron chi connectivity index (χ0n) is 13.5. The molecule has 120 valence electrons. The normalized spacial score (nSPS) is 18.2. The van der Waals surface area contributed by atoms with Gasteiger partial charge in [-0.2, -0.15) is 0 Å². The highest BCUT2D eigenvalue weighted by Gasteiger charge is 2.36. The van der Waals surface area contributed by atoms with E-state index in [1.165, 1.54) is 4.90 Å². The van der Waals surface area contributed by atoms with Crippen LogP contribution in [0.3, 0.4) is 0 Å². The molecule has 1 aliphatic heterocycles. The number of rotatable bonds is 2. The van der Waals surface area contributed by atoms with E-state index >= 15 is 0 Å². The van der Waals surface area contributed by atoms with Gasteiger partial charge in [0.1, 0.15) is 17.5 Å². The molecule has 0 unspecified atom stereocenters. The number of ether oxygens (including phenoxy) is 1. The van der Waals surface area contributed by atoms with Crippen molar-refractivity contribution in [1.82, 2.24) is 9.88 Å². The number of amides is 2. The molecule has 1 saturated heterocycles. The van der Waals surface area contributed by atoms with E-state index in [9.17, 15) is 9.59 Å². The summed E-state index contributed by atoms with van der Waals surface area (Å²) in [6.07, 6.45) is 2.63. The second kappa shape index (κ2) is 6.34. The Labute approximate surface area is 130 Å². The molecule has 22 heavy (non-hydrogen) atoms. The molecule has 1 aromatic rings. The predicted molar refractivity (Wildman–Crippen MR) is 83.6 cm³/mol. The molecule has 2 amide bonds. The molecule has 6 heteroatoms. The van der Waals surface area contributed by atoms with Gasteiger partial charge in [-0.15, -0.1) is 0 Å². The first kappa shape index (κ1) is 16.3. The van der Waals surface area contributed by atoms with Crippen LogP contribution in [0.15, 0.2) is 18.3 Å². The monoisotopic (exact) mass is 305 g/mol. The maximum Gasteiger partial charge on any atom is 0.410 e. The number of carbonyl (C=O) groups excluding carboxylic acids is 2. The van der Waals surface area contributed by atoms with Gasteiger partial charge in [0, 0.05) is 12.7 Å². The van der Waals surface area contributed by atoms with Crippen LogP contribution in [-0.2, 0) is 9.53 Å². The van der Waals surface area contributed by atoms with Gasteiger partial charge in [-0.05, 0) is 58.2 Å². The molecular weight excluding hydrogens is 282 g/mol. The first-order chi connectivity index (χ1) is 10.3. The molecule has 6 nitrogen and oxygen atoms in total. The minimum Gasteiger partial charge on any atom is -0.444 e. The van der Waals surface area contributed by atoms with Crippen molar-refractivity contribution >= 4 is 17.8 Å². The van der Waals surface area contributed by atoms with E-state index in [1.54, 1.807) is 12.3 Å². The van der Waals surface area contributed by atoms with Crippen molar-refractivity contribution < 1.29 is 14.3 Å². The molecule has 1 aromatic heterocycles. The lowest BCUT2D eigenvalue weighted by atomic mass is 10.2. The minimum atomic E-state index is -0.571. The second-order valence-corrected chi connectivity index (χ2v) is 6.54. The molecule has 0 aliphatic carbocycles. The maximum atomic E-state index is 12.4. The molecule has 0 aromatic carbocycles. The van der Waals surface area contributed by atoms with Crippen LogP contribution in [0, 0.1) is 6.92 Å². The van der Waals surface area contributed by atoms with Gasteiger partial charge in [0.25, 0.3) is 0 Å². The van der Waals surface area contributed by atoms with E-state index in [-0.39, 0.29) is 5.91 Å². The highest BCUT2D eigenvalue weighted by molar-refractivity contribution is 5.96. The van der Waals surface area contributed by atoms with Crippen molar-refractivity contribution in [3.05, 3.63) is 23.9 Å². The summed E-state index contributed by atoms with van der Waals surface area (Å²) in [7, 11) is 0. The third-order valence-electron chi connectivity index (χ3n) is 3.35. The van der Waals surface area contributed by atoms with E-state index in [1.807, 2.05) is 33.8 Å². The SMILES string of the molecule is Cc1ccnc(NC(=O)[C@@H]2CCCN2C(=O)OC(C)(C)C)c1. The smallest absolute Gasteiger partial charge is 0.410 e. The van der Waals surface area contributed by atoms with E-state index in [0.29, 0.717) is 18.8 Å². The number of hydrogen-bond acceptors (Lipinski definition) is 4. The zero-order valence-corrected chi connectivity index (χ0v) is 13.5. The third kappa shape index (κ3) is 4.19. The zero-order chi connectivity index (χ0) is 16.3. The minimum absolute atomic E-state index is 0.221. The molecule has 0 radical (unpaired) electrons. The molecule has 0 spiro atoms. The van der Waals surface area contributed by atoms with E-state index in [4.69, 9.17) is 4.74 Å². The number of likely N-dealkylation sites (tertiary alicyclic amines) is 1. The second-order valence-electron chi connectivity index (χ2n) is 6.54. The Hall–Kier alpha value is -2.11. The van der Waals surface area contributed by atoms with Crippen LogP contribution in [0.4, 0.5) is 10.6 Å². The fraction of sp³-hybridized carbons (Fsp3) is 0.562. The standard InChI is InChI=1S/C16H23N3O3/c1-11-7-8-17-13(10-11)18-14(20)12-6-5-9-19(12)15(21)22-16(2,3)4/h7-8,10,12H,5-6,9H2,1-4H3,(H,17,18,20)/t12-/m0/s1. The highest BCUT2D eigenvalue weighted by Crippen LogP contribution is 2.22. The van der Waals surface area contributed by atoms with Gasteiger partial charge in [-0.3, -0.25) is 9.69 Å². The van der Waals surface area contributed by atoms with Crippen LogP contribution in [0.2, 0.25) is 0 Å². The Morgan fingerprint density at radius 2 is 2.14 bits per heavy atom. The number of aromatic nitrogens is 1. The molecule has 2 rings (SSSR count). The highest BCUT2D eigenvalue weighted by atomic mass is 16.6. The van der Waals surface area contributed by atoms with Crippen molar-refractivity contribution in [2.45, 2.75) is 52.2 Å². The number of aryl methyl sites for hydroxylation is 1. The van der Waals surface area contributed by atoms with Gasteiger partial charge >= 0.3 is 6.09 Å². The number of pyridine rings is 1. The summed E-state index contributed by atoms with van der Waals surface area (Å²) < 4.78 is 5.36. The van der Waals surface area contributed by atoms with Crippen LogP contribution >= 0.6 is 0 Å². The van der Waals surface area contributed by atoms with Crippen LogP contribution in [0.5, 0.6) is 0 Å². The third-order valence-corrected chi connectivity index (χ3v) is 3.35. The van der Waals surface area contributed by atoms with Gasteiger partial charge in [0.15, 0.2) is 0 Å². The van der Waals surface area contributed by atoms with Crippen molar-refractivity contribution in [2.75, 3.05) is 11.9 Å². The molecular formula is C16H23N3O3. The largest absolute Gasteiger partial charge is 0.444 e. The van der Waals surface area contributed by atoms with Gasteiger partial charge in [0.05, 0.1) is 0 Å². The molecule has 2 heterocycles. The average molecular weight is 305 g/mol. The van der Waals surface area contributed by atoms with Crippen LogP contribution in [-0.4, -0.2) is 40.1 Å². The van der Waals surface area contributed by atoms with Gasteiger partial charge in [-0.1, -0.05) is 0 Å². The number of carbonyl (C=O) groups is 2. The first-order valence-electron chi connectivity index (χ1n) is 7.49. The van der Waals surface area contributed by atoms with Gasteiger partial charge < -0.3 is 10.1 Å². The Morgan fingerprint density at radius 1 is 1.41 bits per heavy atom. The summed E-state index contributed by atoms with van der Waals surface area (Å²) in [4.78, 5) is 30.2. The van der Waals surface area contributed by atoms with Gasteiger partial charge in [-0.25, -0.2) is 9.78 Å². The summed E-state index contributed by atoms with van der Waals surface area (Å²) in [5.41, 5.74) is 0.444. The lowest BCUT2D eigenvalue weighted by Gasteiger charge is -2.27. The number of nitrogens with one attached hydrogen (secondary N) is 1. The van der Waals surface area contributed by atoms with Crippen LogP contribution in [0.1, 0.15) is 39.2 Å². The average Bonchev–Trinajstić information content (AvgIpc) is 2.85. The molecule has 1 fully saturated rings. The summed E-state index contributed by atoms with van der Waals surface area (Å²) in [6, 6.07) is 3.15. The molecule has 0 saturated carbocycles. The summed E-state index contributed by atoms with van der Waals surface area (Å²) in [5, 5.41) is 2.77. The molecule has 1 atom stereocenters. The fourth-order valence-electron chi connectivity index (χ4n) is 2.39. The summed E-state index contributed by atoms with van der Waals surface area (Å²) in [5.74, 6) is 0.280. The quantitative estimate of drug-likeness (QED) is 0.912.